The summed E-state index contributed by atoms with van der Waals surface area (Å²) in [4.78, 5) is 15.9. The van der Waals surface area contributed by atoms with Gasteiger partial charge in [0, 0.05) is 0 Å². The molecule has 4 heteroatoms. The Hall–Kier alpha value is -2.20. The molecule has 0 saturated carbocycles. The number of benzene rings is 2. The third-order valence-electron chi connectivity index (χ3n) is 3.49. The van der Waals surface area contributed by atoms with E-state index in [1.165, 1.54) is 0 Å². The van der Waals surface area contributed by atoms with E-state index in [0.29, 0.717) is 10.2 Å². The van der Waals surface area contributed by atoms with Crippen LogP contribution in [-0.2, 0) is 0 Å². The van der Waals surface area contributed by atoms with Gasteiger partial charge in [-0.3, -0.25) is 9.36 Å². The fraction of sp³-hybridized carbons (Fsp3) is 0.125. The van der Waals surface area contributed by atoms with Gasteiger partial charge in [0.25, 0.3) is 5.56 Å². The van der Waals surface area contributed by atoms with Gasteiger partial charge in [-0.25, -0.2) is 0 Å². The molecule has 3 aromatic rings. The molecule has 1 N–H and O–H groups in total. The molecule has 1 aromatic heterocycles. The molecule has 20 heavy (non-hydrogen) atoms. The minimum absolute atomic E-state index is 0.0730. The first-order chi connectivity index (χ1) is 9.59. The van der Waals surface area contributed by atoms with Crippen molar-refractivity contribution in [3.63, 3.8) is 0 Å². The lowest BCUT2D eigenvalue weighted by Gasteiger charge is -2.11. The van der Waals surface area contributed by atoms with Crippen LogP contribution < -0.4 is 5.56 Å². The molecule has 0 bridgehead atoms. The molecule has 0 amide bonds. The Bertz CT molecular complexity index is 922. The van der Waals surface area contributed by atoms with E-state index >= 15 is 0 Å². The molecule has 0 saturated heterocycles. The van der Waals surface area contributed by atoms with Crippen molar-refractivity contribution >= 4 is 23.1 Å². The van der Waals surface area contributed by atoms with E-state index in [4.69, 9.17) is 12.2 Å². The van der Waals surface area contributed by atoms with E-state index in [0.717, 1.165) is 22.3 Å². The van der Waals surface area contributed by atoms with Crippen molar-refractivity contribution in [1.29, 1.82) is 0 Å². The van der Waals surface area contributed by atoms with E-state index in [2.05, 4.69) is 4.98 Å². The highest BCUT2D eigenvalue weighted by atomic mass is 32.1. The van der Waals surface area contributed by atoms with E-state index in [9.17, 15) is 4.79 Å². The highest BCUT2D eigenvalue weighted by Gasteiger charge is 2.10. The van der Waals surface area contributed by atoms with Crippen molar-refractivity contribution in [1.82, 2.24) is 9.55 Å². The first-order valence-corrected chi connectivity index (χ1v) is 6.81. The zero-order valence-electron chi connectivity index (χ0n) is 11.3. The van der Waals surface area contributed by atoms with Crippen molar-refractivity contribution < 1.29 is 0 Å². The molecule has 0 spiro atoms. The summed E-state index contributed by atoms with van der Waals surface area (Å²) in [5.41, 5.74) is 3.49. The smallest absolute Gasteiger partial charge is 0.267 e. The first kappa shape index (κ1) is 12.8. The molecular weight excluding hydrogens is 268 g/mol. The van der Waals surface area contributed by atoms with Crippen LogP contribution in [-0.4, -0.2) is 9.55 Å². The van der Waals surface area contributed by atoms with Crippen molar-refractivity contribution in [3.05, 3.63) is 68.7 Å². The van der Waals surface area contributed by atoms with E-state index in [1.807, 2.05) is 56.3 Å². The summed E-state index contributed by atoms with van der Waals surface area (Å²) >= 11 is 5.36. The van der Waals surface area contributed by atoms with Crippen LogP contribution in [0.5, 0.6) is 0 Å². The van der Waals surface area contributed by atoms with Gasteiger partial charge in [0.2, 0.25) is 0 Å². The number of nitrogens with zero attached hydrogens (tertiary/aromatic N) is 1. The van der Waals surface area contributed by atoms with Crippen LogP contribution in [0, 0.1) is 18.6 Å². The maximum atomic E-state index is 12.8. The van der Waals surface area contributed by atoms with Crippen LogP contribution in [0.2, 0.25) is 0 Å². The molecular formula is C16H14N2OS. The summed E-state index contributed by atoms with van der Waals surface area (Å²) in [6.07, 6.45) is 0. The monoisotopic (exact) mass is 282 g/mol. The van der Waals surface area contributed by atoms with E-state index in [1.54, 1.807) is 4.57 Å². The Morgan fingerprint density at radius 2 is 1.70 bits per heavy atom. The Labute approximate surface area is 121 Å². The van der Waals surface area contributed by atoms with Gasteiger partial charge in [-0.2, -0.15) is 0 Å². The van der Waals surface area contributed by atoms with Gasteiger partial charge in [-0.1, -0.05) is 30.3 Å². The normalized spacial score (nSPS) is 10.9. The Morgan fingerprint density at radius 3 is 2.45 bits per heavy atom. The number of rotatable bonds is 1. The van der Waals surface area contributed by atoms with Gasteiger partial charge in [0.1, 0.15) is 0 Å². The number of para-hydroxylation sites is 1. The Kier molecular flexibility index (Phi) is 3.03. The molecule has 100 valence electrons. The average molecular weight is 282 g/mol. The molecule has 2 aromatic carbocycles. The number of hydrogen-bond acceptors (Lipinski definition) is 2. The van der Waals surface area contributed by atoms with Gasteiger partial charge < -0.3 is 4.98 Å². The minimum atomic E-state index is -0.0730. The number of fused-ring (bicyclic) bond motifs is 1. The molecule has 0 aliphatic carbocycles. The van der Waals surface area contributed by atoms with Gasteiger partial charge in [0.05, 0.1) is 16.6 Å². The molecule has 0 unspecified atom stereocenters. The second-order valence-corrected chi connectivity index (χ2v) is 5.24. The van der Waals surface area contributed by atoms with Crippen LogP contribution >= 0.6 is 12.2 Å². The molecule has 0 aliphatic heterocycles. The fourth-order valence-electron chi connectivity index (χ4n) is 2.46. The predicted molar refractivity (Wildman–Crippen MR) is 84.2 cm³/mol. The third-order valence-corrected chi connectivity index (χ3v) is 3.78. The second kappa shape index (κ2) is 4.72. The Balaban J connectivity index is 2.50. The van der Waals surface area contributed by atoms with E-state index < -0.39 is 0 Å². The molecule has 0 fully saturated rings. The van der Waals surface area contributed by atoms with Crippen molar-refractivity contribution in [2.45, 2.75) is 13.8 Å². The standard InChI is InChI=1S/C16H14N2OS/c1-10-6-3-4-9-13(10)18-15(19)14-11(2)7-5-8-12(14)17-16(18)20/h3-9H,1-2H3,(H,17,20). The van der Waals surface area contributed by atoms with Gasteiger partial charge in [-0.05, 0) is 49.3 Å². The molecule has 0 aliphatic rings. The molecule has 3 rings (SSSR count). The maximum Gasteiger partial charge on any atom is 0.267 e. The van der Waals surface area contributed by atoms with Crippen molar-refractivity contribution in [3.8, 4) is 5.69 Å². The SMILES string of the molecule is Cc1ccccc1-n1c(=S)[nH]c2cccc(C)c2c1=O. The zero-order valence-corrected chi connectivity index (χ0v) is 12.1. The number of H-pyrrole nitrogens is 1. The van der Waals surface area contributed by atoms with Crippen LogP contribution in [0.1, 0.15) is 11.1 Å². The lowest BCUT2D eigenvalue weighted by molar-refractivity contribution is 0.929. The number of aromatic amines is 1. The highest BCUT2D eigenvalue weighted by Crippen LogP contribution is 2.16. The average Bonchev–Trinajstić information content (AvgIpc) is 2.40. The molecule has 1 heterocycles. The van der Waals surface area contributed by atoms with Gasteiger partial charge in [0.15, 0.2) is 4.77 Å². The summed E-state index contributed by atoms with van der Waals surface area (Å²) in [6, 6.07) is 13.5. The first-order valence-electron chi connectivity index (χ1n) is 6.40. The van der Waals surface area contributed by atoms with Gasteiger partial charge >= 0.3 is 0 Å². The van der Waals surface area contributed by atoms with Crippen molar-refractivity contribution in [2.24, 2.45) is 0 Å². The second-order valence-electron chi connectivity index (χ2n) is 4.85. The highest BCUT2D eigenvalue weighted by molar-refractivity contribution is 7.71. The Morgan fingerprint density at radius 1 is 1.00 bits per heavy atom. The number of aryl methyl sites for hydroxylation is 2. The minimum Gasteiger partial charge on any atom is -0.331 e. The summed E-state index contributed by atoms with van der Waals surface area (Å²) < 4.78 is 1.99. The largest absolute Gasteiger partial charge is 0.331 e. The van der Waals surface area contributed by atoms with E-state index in [-0.39, 0.29) is 5.56 Å². The number of hydrogen-bond donors (Lipinski definition) is 1. The molecule has 0 radical (unpaired) electrons. The molecule has 0 atom stereocenters. The molecule has 3 nitrogen and oxygen atoms in total. The quantitative estimate of drug-likeness (QED) is 0.692. The van der Waals surface area contributed by atoms with Crippen LogP contribution in [0.15, 0.2) is 47.3 Å². The van der Waals surface area contributed by atoms with Gasteiger partial charge in [-0.15, -0.1) is 0 Å². The zero-order chi connectivity index (χ0) is 14.3. The summed E-state index contributed by atoms with van der Waals surface area (Å²) in [6.45, 7) is 3.90. The topological polar surface area (TPSA) is 37.8 Å². The third kappa shape index (κ3) is 1.89. The lowest BCUT2D eigenvalue weighted by atomic mass is 10.1. The maximum absolute atomic E-state index is 12.8. The van der Waals surface area contributed by atoms with Crippen LogP contribution in [0.4, 0.5) is 0 Å². The van der Waals surface area contributed by atoms with Crippen LogP contribution in [0.25, 0.3) is 16.6 Å². The predicted octanol–water partition coefficient (Wildman–Crippen LogP) is 3.67. The van der Waals surface area contributed by atoms with Crippen LogP contribution in [0.3, 0.4) is 0 Å². The number of aromatic nitrogens is 2. The number of nitrogens with one attached hydrogen (secondary N) is 1. The van der Waals surface area contributed by atoms with Crippen molar-refractivity contribution in [2.75, 3.05) is 0 Å². The summed E-state index contributed by atoms with van der Waals surface area (Å²) in [5, 5.41) is 0.685. The fourth-order valence-corrected chi connectivity index (χ4v) is 2.76. The summed E-state index contributed by atoms with van der Waals surface area (Å²) in [7, 11) is 0. The summed E-state index contributed by atoms with van der Waals surface area (Å²) in [5.74, 6) is 0. The lowest BCUT2D eigenvalue weighted by Crippen LogP contribution is -2.21.